The monoisotopic (exact) mass is 226 g/mol. The summed E-state index contributed by atoms with van der Waals surface area (Å²) in [6.07, 6.45) is 4.02. The molecule has 1 aliphatic heterocycles. The van der Waals surface area contributed by atoms with Gasteiger partial charge in [0.2, 0.25) is 0 Å². The van der Waals surface area contributed by atoms with Gasteiger partial charge in [-0.2, -0.15) is 0 Å². The minimum atomic E-state index is 0.759. The predicted octanol–water partition coefficient (Wildman–Crippen LogP) is 2.74. The van der Waals surface area contributed by atoms with Gasteiger partial charge in [0.1, 0.15) is 0 Å². The molecule has 2 nitrogen and oxygen atoms in total. The Bertz CT molecular complexity index is 180. The highest BCUT2D eigenvalue weighted by molar-refractivity contribution is 4.82. The second-order valence-electron chi connectivity index (χ2n) is 5.76. The van der Waals surface area contributed by atoms with Gasteiger partial charge in [0.25, 0.3) is 0 Å². The molecule has 0 spiro atoms. The number of likely N-dealkylation sites (tertiary alicyclic amines) is 1. The zero-order valence-corrected chi connectivity index (χ0v) is 11.6. The van der Waals surface area contributed by atoms with Crippen molar-refractivity contribution in [3.05, 3.63) is 0 Å². The van der Waals surface area contributed by atoms with Crippen LogP contribution in [0.2, 0.25) is 0 Å². The second kappa shape index (κ2) is 7.29. The highest BCUT2D eigenvalue weighted by Crippen LogP contribution is 2.16. The summed E-state index contributed by atoms with van der Waals surface area (Å²) in [7, 11) is 0. The fourth-order valence-corrected chi connectivity index (χ4v) is 2.62. The number of hydrogen-bond acceptors (Lipinski definition) is 2. The molecule has 0 bridgehead atoms. The first-order valence-corrected chi connectivity index (χ1v) is 7.09. The molecule has 0 aromatic carbocycles. The summed E-state index contributed by atoms with van der Waals surface area (Å²) in [5.74, 6) is 1.66. The van der Waals surface area contributed by atoms with Crippen molar-refractivity contribution in [1.29, 1.82) is 0 Å². The number of piperidine rings is 1. The molecule has 0 aromatic heterocycles. The van der Waals surface area contributed by atoms with E-state index < -0.39 is 0 Å². The molecule has 0 amide bonds. The van der Waals surface area contributed by atoms with Crippen molar-refractivity contribution < 1.29 is 0 Å². The van der Waals surface area contributed by atoms with E-state index in [0.717, 1.165) is 17.9 Å². The Hall–Kier alpha value is -0.0800. The Morgan fingerprint density at radius 3 is 2.69 bits per heavy atom. The van der Waals surface area contributed by atoms with Gasteiger partial charge < -0.3 is 10.2 Å². The minimum absolute atomic E-state index is 0.759. The molecule has 96 valence electrons. The topological polar surface area (TPSA) is 15.3 Å². The standard InChI is InChI=1S/C14H30N2/c1-5-16-10-8-14(13(4)11-16)15-9-6-7-12(2)3/h12-15H,5-11H2,1-4H3/t13-,14-/m0/s1. The molecule has 1 saturated heterocycles. The van der Waals surface area contributed by atoms with Crippen LogP contribution in [-0.2, 0) is 0 Å². The van der Waals surface area contributed by atoms with Gasteiger partial charge in [0.05, 0.1) is 0 Å². The Morgan fingerprint density at radius 1 is 1.38 bits per heavy atom. The summed E-state index contributed by atoms with van der Waals surface area (Å²) >= 11 is 0. The lowest BCUT2D eigenvalue weighted by atomic mass is 9.93. The smallest absolute Gasteiger partial charge is 0.0117 e. The first-order chi connectivity index (χ1) is 7.63. The van der Waals surface area contributed by atoms with Crippen LogP contribution in [0.15, 0.2) is 0 Å². The molecular formula is C14H30N2. The normalized spacial score (nSPS) is 27.6. The second-order valence-corrected chi connectivity index (χ2v) is 5.76. The van der Waals surface area contributed by atoms with Crippen LogP contribution >= 0.6 is 0 Å². The fraction of sp³-hybridized carbons (Fsp3) is 1.00. The average molecular weight is 226 g/mol. The maximum atomic E-state index is 3.74. The first kappa shape index (κ1) is 14.0. The molecular weight excluding hydrogens is 196 g/mol. The molecule has 1 fully saturated rings. The number of rotatable bonds is 6. The summed E-state index contributed by atoms with van der Waals surface area (Å²) in [4.78, 5) is 2.57. The third kappa shape index (κ3) is 4.84. The molecule has 16 heavy (non-hydrogen) atoms. The van der Waals surface area contributed by atoms with Gasteiger partial charge in [-0.15, -0.1) is 0 Å². The summed E-state index contributed by atoms with van der Waals surface area (Å²) in [6.45, 7) is 14.3. The van der Waals surface area contributed by atoms with Crippen LogP contribution < -0.4 is 5.32 Å². The molecule has 0 unspecified atom stereocenters. The van der Waals surface area contributed by atoms with Crippen molar-refractivity contribution in [2.45, 2.75) is 53.0 Å². The molecule has 1 N–H and O–H groups in total. The van der Waals surface area contributed by atoms with E-state index in [2.05, 4.69) is 37.9 Å². The van der Waals surface area contributed by atoms with Crippen LogP contribution in [0.25, 0.3) is 0 Å². The van der Waals surface area contributed by atoms with Gasteiger partial charge in [0.15, 0.2) is 0 Å². The van der Waals surface area contributed by atoms with E-state index in [-0.39, 0.29) is 0 Å². The molecule has 0 aromatic rings. The van der Waals surface area contributed by atoms with E-state index >= 15 is 0 Å². The summed E-state index contributed by atoms with van der Waals surface area (Å²) < 4.78 is 0. The van der Waals surface area contributed by atoms with Gasteiger partial charge in [-0.05, 0) is 50.7 Å². The molecule has 2 heteroatoms. The van der Waals surface area contributed by atoms with Crippen molar-refractivity contribution in [1.82, 2.24) is 10.2 Å². The van der Waals surface area contributed by atoms with E-state index in [1.807, 2.05) is 0 Å². The molecule has 1 aliphatic rings. The highest BCUT2D eigenvalue weighted by atomic mass is 15.1. The maximum Gasteiger partial charge on any atom is 0.0117 e. The molecule has 2 atom stereocenters. The van der Waals surface area contributed by atoms with Crippen molar-refractivity contribution in [2.75, 3.05) is 26.2 Å². The van der Waals surface area contributed by atoms with Crippen LogP contribution in [0.1, 0.15) is 47.0 Å². The summed E-state index contributed by atoms with van der Waals surface area (Å²) in [5, 5.41) is 3.74. The van der Waals surface area contributed by atoms with Gasteiger partial charge in [0, 0.05) is 12.6 Å². The van der Waals surface area contributed by atoms with Crippen molar-refractivity contribution in [3.63, 3.8) is 0 Å². The summed E-state index contributed by atoms with van der Waals surface area (Å²) in [6, 6.07) is 0.759. The number of nitrogens with zero attached hydrogens (tertiary/aromatic N) is 1. The maximum absolute atomic E-state index is 3.74. The molecule has 1 heterocycles. The first-order valence-electron chi connectivity index (χ1n) is 7.09. The zero-order chi connectivity index (χ0) is 12.0. The highest BCUT2D eigenvalue weighted by Gasteiger charge is 2.24. The lowest BCUT2D eigenvalue weighted by molar-refractivity contribution is 0.153. The third-order valence-electron chi connectivity index (χ3n) is 3.80. The van der Waals surface area contributed by atoms with Crippen LogP contribution in [0.4, 0.5) is 0 Å². The summed E-state index contributed by atoms with van der Waals surface area (Å²) in [5.41, 5.74) is 0. The van der Waals surface area contributed by atoms with E-state index in [4.69, 9.17) is 0 Å². The van der Waals surface area contributed by atoms with Crippen LogP contribution in [0.5, 0.6) is 0 Å². The van der Waals surface area contributed by atoms with Gasteiger partial charge in [-0.3, -0.25) is 0 Å². The van der Waals surface area contributed by atoms with Gasteiger partial charge in [-0.25, -0.2) is 0 Å². The number of nitrogens with one attached hydrogen (secondary N) is 1. The van der Waals surface area contributed by atoms with Crippen molar-refractivity contribution >= 4 is 0 Å². The van der Waals surface area contributed by atoms with Gasteiger partial charge in [-0.1, -0.05) is 27.7 Å². The zero-order valence-electron chi connectivity index (χ0n) is 11.6. The van der Waals surface area contributed by atoms with E-state index in [1.165, 1.54) is 45.4 Å². The molecule has 0 radical (unpaired) electrons. The van der Waals surface area contributed by atoms with Crippen LogP contribution in [0.3, 0.4) is 0 Å². The Kier molecular flexibility index (Phi) is 6.37. The Labute approximate surface area is 102 Å². The SMILES string of the molecule is CCN1CC[C@H](NCCCC(C)C)[C@@H](C)C1. The van der Waals surface area contributed by atoms with E-state index in [9.17, 15) is 0 Å². The minimum Gasteiger partial charge on any atom is -0.314 e. The van der Waals surface area contributed by atoms with E-state index in [0.29, 0.717) is 0 Å². The van der Waals surface area contributed by atoms with E-state index in [1.54, 1.807) is 0 Å². The van der Waals surface area contributed by atoms with Crippen molar-refractivity contribution in [3.8, 4) is 0 Å². The Balaban J connectivity index is 2.13. The lowest BCUT2D eigenvalue weighted by Crippen LogP contribution is -2.48. The Morgan fingerprint density at radius 2 is 2.12 bits per heavy atom. The largest absolute Gasteiger partial charge is 0.314 e. The third-order valence-corrected chi connectivity index (χ3v) is 3.80. The predicted molar refractivity (Wildman–Crippen MR) is 71.8 cm³/mol. The van der Waals surface area contributed by atoms with Crippen molar-refractivity contribution in [2.24, 2.45) is 11.8 Å². The molecule has 1 rings (SSSR count). The average Bonchev–Trinajstić information content (AvgIpc) is 2.25. The quantitative estimate of drug-likeness (QED) is 0.701. The molecule has 0 saturated carbocycles. The van der Waals surface area contributed by atoms with Crippen LogP contribution in [-0.4, -0.2) is 37.1 Å². The van der Waals surface area contributed by atoms with Gasteiger partial charge >= 0.3 is 0 Å². The fourth-order valence-electron chi connectivity index (χ4n) is 2.62. The van der Waals surface area contributed by atoms with Crippen LogP contribution in [0, 0.1) is 11.8 Å². The number of hydrogen-bond donors (Lipinski definition) is 1. The molecule has 0 aliphatic carbocycles. The lowest BCUT2D eigenvalue weighted by Gasteiger charge is -2.37.